The van der Waals surface area contributed by atoms with Gasteiger partial charge >= 0.3 is 7.82 Å². The zero-order chi connectivity index (χ0) is 13.9. The third kappa shape index (κ3) is 4.61. The van der Waals surface area contributed by atoms with Gasteiger partial charge in [0.25, 0.3) is 9.04 Å². The lowest BCUT2D eigenvalue weighted by Crippen LogP contribution is -2.31. The summed E-state index contributed by atoms with van der Waals surface area (Å²) in [5.74, 6) is 0. The minimum absolute atomic E-state index is 0.0837. The van der Waals surface area contributed by atoms with Crippen LogP contribution in [0.15, 0.2) is 0 Å². The van der Waals surface area contributed by atoms with E-state index in [1.165, 1.54) is 0 Å². The first-order valence-corrected chi connectivity index (χ1v) is 7.47. The lowest BCUT2D eigenvalue weighted by atomic mass is 10.7. The molecule has 0 radical (unpaired) electrons. The van der Waals surface area contributed by atoms with Crippen LogP contribution in [-0.4, -0.2) is 40.6 Å². The number of aliphatic hydroxyl groups excluding tert-OH is 1. The zero-order valence-electron chi connectivity index (χ0n) is 8.68. The largest absolute Gasteiger partial charge is 0.507 e. The SMILES string of the molecule is O=P1(OOCCOCCO)OC(Cl)(Cl)C(Cl)(Cl)O1. The molecule has 7 nitrogen and oxygen atoms in total. The van der Waals surface area contributed by atoms with Gasteiger partial charge in [0.1, 0.15) is 6.61 Å². The maximum atomic E-state index is 11.7. The van der Waals surface area contributed by atoms with Gasteiger partial charge in [0.15, 0.2) is 0 Å². The number of aliphatic hydroxyl groups is 1. The maximum Gasteiger partial charge on any atom is 0.507 e. The summed E-state index contributed by atoms with van der Waals surface area (Å²) in [5.41, 5.74) is 0. The van der Waals surface area contributed by atoms with Gasteiger partial charge in [-0.25, -0.2) is 18.5 Å². The molecule has 1 aliphatic rings. The van der Waals surface area contributed by atoms with Crippen molar-refractivity contribution in [2.45, 2.75) is 9.04 Å². The fourth-order valence-corrected chi connectivity index (χ4v) is 3.30. The van der Waals surface area contributed by atoms with E-state index in [9.17, 15) is 4.57 Å². The van der Waals surface area contributed by atoms with Gasteiger partial charge in [-0.2, -0.15) is 0 Å². The Hall–Kier alpha value is 1.15. The first-order chi connectivity index (χ1) is 8.22. The Balaban J connectivity index is 2.33. The molecule has 0 unspecified atom stereocenters. The Morgan fingerprint density at radius 2 is 1.61 bits per heavy atom. The van der Waals surface area contributed by atoms with Gasteiger partial charge in [-0.3, -0.25) is 0 Å². The second kappa shape index (κ2) is 6.74. The van der Waals surface area contributed by atoms with E-state index >= 15 is 0 Å². The highest BCUT2D eigenvalue weighted by Gasteiger charge is 2.66. The van der Waals surface area contributed by atoms with Crippen molar-refractivity contribution in [1.29, 1.82) is 0 Å². The zero-order valence-corrected chi connectivity index (χ0v) is 12.6. The highest BCUT2D eigenvalue weighted by atomic mass is 35.5. The molecule has 0 atom stereocenters. The molecule has 0 spiro atoms. The van der Waals surface area contributed by atoms with Crippen LogP contribution in [0.3, 0.4) is 0 Å². The second-order valence-corrected chi connectivity index (χ2v) is 6.82. The number of alkyl halides is 4. The fourth-order valence-electron chi connectivity index (χ4n) is 0.798. The van der Waals surface area contributed by atoms with Crippen molar-refractivity contribution in [3.63, 3.8) is 0 Å². The van der Waals surface area contributed by atoms with Gasteiger partial charge in [0.05, 0.1) is 19.8 Å². The van der Waals surface area contributed by atoms with Gasteiger partial charge in [-0.1, -0.05) is 46.4 Å². The Bertz CT molecular complexity index is 305. The molecule has 1 aliphatic heterocycles. The third-order valence-electron chi connectivity index (χ3n) is 1.48. The topological polar surface area (TPSA) is 83.5 Å². The highest BCUT2D eigenvalue weighted by Crippen LogP contribution is 2.70. The van der Waals surface area contributed by atoms with E-state index in [1.807, 2.05) is 0 Å². The van der Waals surface area contributed by atoms with Crippen molar-refractivity contribution in [1.82, 2.24) is 0 Å². The monoisotopic (exact) mass is 364 g/mol. The Morgan fingerprint density at radius 3 is 2.11 bits per heavy atom. The van der Waals surface area contributed by atoms with Gasteiger partial charge in [-0.15, -0.1) is 4.67 Å². The first-order valence-electron chi connectivity index (χ1n) is 4.49. The average molecular weight is 366 g/mol. The summed E-state index contributed by atoms with van der Waals surface area (Å²) < 4.78 is 25.5. The minimum Gasteiger partial charge on any atom is -0.394 e. The number of hydrogen-bond donors (Lipinski definition) is 1. The molecule has 0 aromatic carbocycles. The Labute approximate surface area is 123 Å². The van der Waals surface area contributed by atoms with Gasteiger partial charge in [-0.05, 0) is 0 Å². The molecule has 0 aromatic rings. The van der Waals surface area contributed by atoms with E-state index in [0.29, 0.717) is 0 Å². The quantitative estimate of drug-likeness (QED) is 0.244. The molecule has 0 saturated carbocycles. The normalized spacial score (nSPS) is 24.3. The molecule has 0 aliphatic carbocycles. The first kappa shape index (κ1) is 17.2. The number of phosphoric acid groups is 1. The summed E-state index contributed by atoms with van der Waals surface area (Å²) in [6, 6.07) is 0. The minimum atomic E-state index is -4.22. The Morgan fingerprint density at radius 1 is 1.06 bits per heavy atom. The maximum absolute atomic E-state index is 11.7. The van der Waals surface area contributed by atoms with Crippen LogP contribution in [0.2, 0.25) is 0 Å². The standard InChI is InChI=1S/C6H9Cl4O7P/c7-5(8)6(9,10)16-18(12,15-5)17-14-4-3-13-2-1-11/h11H,1-4H2. The molecule has 0 bridgehead atoms. The van der Waals surface area contributed by atoms with Crippen LogP contribution in [0.1, 0.15) is 0 Å². The van der Waals surface area contributed by atoms with E-state index < -0.39 is 16.9 Å². The second-order valence-electron chi connectivity index (χ2n) is 2.90. The lowest BCUT2D eigenvalue weighted by molar-refractivity contribution is -0.230. The summed E-state index contributed by atoms with van der Waals surface area (Å²) in [6.07, 6.45) is 0. The summed E-state index contributed by atoms with van der Waals surface area (Å²) in [5, 5.41) is 8.41. The molecule has 1 N–H and O–H groups in total. The molecule has 0 amide bonds. The van der Waals surface area contributed by atoms with Gasteiger partial charge in [0, 0.05) is 0 Å². The molecule has 1 rings (SSSR count). The molecular formula is C6H9Cl4O7P. The average Bonchev–Trinajstić information content (AvgIpc) is 2.37. The van der Waals surface area contributed by atoms with E-state index in [2.05, 4.69) is 18.6 Å². The van der Waals surface area contributed by atoms with Crippen molar-refractivity contribution < 1.29 is 33.0 Å². The van der Waals surface area contributed by atoms with Crippen LogP contribution in [0.4, 0.5) is 0 Å². The number of rotatable bonds is 7. The van der Waals surface area contributed by atoms with Crippen LogP contribution < -0.4 is 0 Å². The van der Waals surface area contributed by atoms with Crippen LogP contribution in [0.5, 0.6) is 0 Å². The molecule has 1 fully saturated rings. The summed E-state index contributed by atoms with van der Waals surface area (Å²) in [7, 11) is -4.22. The summed E-state index contributed by atoms with van der Waals surface area (Å²) in [4.78, 5) is 4.50. The van der Waals surface area contributed by atoms with Crippen molar-refractivity contribution in [3.8, 4) is 0 Å². The van der Waals surface area contributed by atoms with E-state index in [-0.39, 0.29) is 26.4 Å². The lowest BCUT2D eigenvalue weighted by Gasteiger charge is -2.18. The summed E-state index contributed by atoms with van der Waals surface area (Å²) >= 11 is 22.1. The van der Waals surface area contributed by atoms with E-state index in [1.54, 1.807) is 0 Å². The van der Waals surface area contributed by atoms with Crippen molar-refractivity contribution in [2.75, 3.05) is 26.4 Å². The number of halogens is 4. The molecule has 1 heterocycles. The smallest absolute Gasteiger partial charge is 0.394 e. The van der Waals surface area contributed by atoms with Gasteiger partial charge in [0.2, 0.25) is 0 Å². The number of hydrogen-bond acceptors (Lipinski definition) is 7. The molecule has 0 aromatic heterocycles. The van der Waals surface area contributed by atoms with E-state index in [4.69, 9.17) is 56.2 Å². The number of ether oxygens (including phenoxy) is 1. The fraction of sp³-hybridized carbons (Fsp3) is 1.00. The third-order valence-corrected chi connectivity index (χ3v) is 4.96. The predicted octanol–water partition coefficient (Wildman–Crippen LogP) is 2.36. The summed E-state index contributed by atoms with van der Waals surface area (Å²) in [6.45, 7) is -0.0211. The number of phosphoric ester groups is 1. The van der Waals surface area contributed by atoms with Crippen molar-refractivity contribution in [3.05, 3.63) is 0 Å². The van der Waals surface area contributed by atoms with Gasteiger partial charge < -0.3 is 9.84 Å². The molecule has 108 valence electrons. The molecule has 1 saturated heterocycles. The predicted molar refractivity (Wildman–Crippen MR) is 63.6 cm³/mol. The highest BCUT2D eigenvalue weighted by molar-refractivity contribution is 7.49. The van der Waals surface area contributed by atoms with Crippen molar-refractivity contribution >= 4 is 54.2 Å². The van der Waals surface area contributed by atoms with Crippen molar-refractivity contribution in [2.24, 2.45) is 0 Å². The van der Waals surface area contributed by atoms with Crippen LogP contribution in [-0.2, 0) is 27.9 Å². The Kier molecular flexibility index (Phi) is 6.44. The van der Waals surface area contributed by atoms with Crippen LogP contribution in [0, 0.1) is 0 Å². The van der Waals surface area contributed by atoms with Crippen LogP contribution in [0.25, 0.3) is 0 Å². The van der Waals surface area contributed by atoms with E-state index in [0.717, 1.165) is 0 Å². The molecular weight excluding hydrogens is 357 g/mol. The molecule has 18 heavy (non-hydrogen) atoms. The van der Waals surface area contributed by atoms with Crippen LogP contribution >= 0.6 is 54.2 Å². The molecule has 12 heteroatoms.